The first-order valence-corrected chi connectivity index (χ1v) is 16.9. The summed E-state index contributed by atoms with van der Waals surface area (Å²) in [6, 6.07) is 0.0383. The molecule has 5 nitrogen and oxygen atoms in total. The third-order valence-electron chi connectivity index (χ3n) is 12.9. The number of carbonyl (C=O) groups excluding carboxylic acids is 1. The molecule has 0 aromatic carbocycles. The molecule has 0 aromatic rings. The molecule has 5 aliphatic rings. The lowest BCUT2D eigenvalue weighted by atomic mass is 9.47. The van der Waals surface area contributed by atoms with E-state index in [4.69, 9.17) is 4.74 Å². The third-order valence-corrected chi connectivity index (χ3v) is 12.9. The molecule has 226 valence electrons. The standard InChI is InChI=1S/C35H57NO4/c1-22(2)7-6-8-23(3)29-15-16-30-28-14-11-25-21-27(17-19-34(25,4)31(28)18-20-35(29,30)5)40-33(39)36-26-12-9-24(10-13-26)32(37)38/h11,22-24,26-31H,6-10,12-21H2,1-5H3,(H,36,39)(H,37,38)/t23-,24?,26?,27+,28+,29-,30+,31+,34+,35-/m1/s1. The van der Waals surface area contributed by atoms with Gasteiger partial charge in [0.2, 0.25) is 0 Å². The van der Waals surface area contributed by atoms with Crippen LogP contribution in [0.5, 0.6) is 0 Å². The summed E-state index contributed by atoms with van der Waals surface area (Å²) in [6.45, 7) is 12.5. The molecule has 2 N–H and O–H groups in total. The lowest BCUT2D eigenvalue weighted by Crippen LogP contribution is -2.51. The predicted molar refractivity (Wildman–Crippen MR) is 160 cm³/mol. The van der Waals surface area contributed by atoms with Crippen molar-refractivity contribution >= 4 is 12.1 Å². The van der Waals surface area contributed by atoms with E-state index in [1.54, 1.807) is 5.57 Å². The molecule has 0 saturated heterocycles. The summed E-state index contributed by atoms with van der Waals surface area (Å²) >= 11 is 0. The van der Waals surface area contributed by atoms with Crippen molar-refractivity contribution in [3.05, 3.63) is 11.6 Å². The highest BCUT2D eigenvalue weighted by Gasteiger charge is 2.59. The third kappa shape index (κ3) is 5.87. The number of carboxylic acid groups (broad SMARTS) is 1. The number of amides is 1. The molecular weight excluding hydrogens is 498 g/mol. The number of alkyl carbamates (subject to hydrolysis) is 1. The van der Waals surface area contributed by atoms with Crippen LogP contribution in [0.1, 0.15) is 131 Å². The topological polar surface area (TPSA) is 75.6 Å². The van der Waals surface area contributed by atoms with E-state index in [1.807, 2.05) is 0 Å². The molecule has 1 amide bonds. The summed E-state index contributed by atoms with van der Waals surface area (Å²) in [5.74, 6) is 4.05. The van der Waals surface area contributed by atoms with Crippen LogP contribution in [0.15, 0.2) is 11.6 Å². The Balaban J connectivity index is 1.16. The fourth-order valence-corrected chi connectivity index (χ4v) is 10.6. The van der Waals surface area contributed by atoms with Crippen molar-refractivity contribution in [1.82, 2.24) is 5.32 Å². The maximum absolute atomic E-state index is 12.7. The molecule has 0 unspecified atom stereocenters. The van der Waals surface area contributed by atoms with Gasteiger partial charge in [-0.25, -0.2) is 4.79 Å². The summed E-state index contributed by atoms with van der Waals surface area (Å²) in [6.07, 6.45) is 18.9. The maximum Gasteiger partial charge on any atom is 0.407 e. The van der Waals surface area contributed by atoms with Crippen LogP contribution in [0.3, 0.4) is 0 Å². The average Bonchev–Trinajstić information content (AvgIpc) is 3.26. The normalized spacial score (nSPS) is 41.8. The average molecular weight is 556 g/mol. The van der Waals surface area contributed by atoms with Gasteiger partial charge in [-0.15, -0.1) is 0 Å². The van der Waals surface area contributed by atoms with Crippen LogP contribution < -0.4 is 5.32 Å². The maximum atomic E-state index is 12.7. The van der Waals surface area contributed by atoms with Crippen molar-refractivity contribution < 1.29 is 19.4 Å². The number of carbonyl (C=O) groups is 2. The molecule has 0 spiro atoms. The van der Waals surface area contributed by atoms with Gasteiger partial charge >= 0.3 is 12.1 Å². The van der Waals surface area contributed by atoms with E-state index in [1.165, 1.54) is 51.4 Å². The molecule has 5 aliphatic carbocycles. The van der Waals surface area contributed by atoms with Crippen molar-refractivity contribution in [2.45, 2.75) is 143 Å². The number of aliphatic carboxylic acids is 1. The van der Waals surface area contributed by atoms with E-state index in [9.17, 15) is 14.7 Å². The Morgan fingerprint density at radius 3 is 2.42 bits per heavy atom. The molecule has 40 heavy (non-hydrogen) atoms. The van der Waals surface area contributed by atoms with Crippen LogP contribution in [0, 0.1) is 52.3 Å². The minimum atomic E-state index is -0.712. The Labute approximate surface area is 243 Å². The quantitative estimate of drug-likeness (QED) is 0.294. The number of nitrogens with one attached hydrogen (secondary N) is 1. The molecule has 4 fully saturated rings. The molecule has 0 heterocycles. The van der Waals surface area contributed by atoms with Crippen LogP contribution in [-0.4, -0.2) is 29.3 Å². The zero-order valence-electron chi connectivity index (χ0n) is 26.1. The van der Waals surface area contributed by atoms with Crippen LogP contribution >= 0.6 is 0 Å². The van der Waals surface area contributed by atoms with E-state index in [0.29, 0.717) is 18.3 Å². The number of fused-ring (bicyclic) bond motifs is 5. The zero-order chi connectivity index (χ0) is 28.7. The highest BCUT2D eigenvalue weighted by molar-refractivity contribution is 5.70. The van der Waals surface area contributed by atoms with Gasteiger partial charge in [-0.1, -0.05) is 65.5 Å². The summed E-state index contributed by atoms with van der Waals surface area (Å²) in [5, 5.41) is 12.3. The first-order valence-electron chi connectivity index (χ1n) is 16.9. The van der Waals surface area contributed by atoms with Crippen LogP contribution in [0.4, 0.5) is 4.79 Å². The van der Waals surface area contributed by atoms with Gasteiger partial charge in [0.05, 0.1) is 5.92 Å². The van der Waals surface area contributed by atoms with Crippen molar-refractivity contribution in [3.8, 4) is 0 Å². The smallest absolute Gasteiger partial charge is 0.407 e. The van der Waals surface area contributed by atoms with E-state index >= 15 is 0 Å². The summed E-state index contributed by atoms with van der Waals surface area (Å²) in [4.78, 5) is 24.0. The van der Waals surface area contributed by atoms with Crippen molar-refractivity contribution in [3.63, 3.8) is 0 Å². The van der Waals surface area contributed by atoms with Crippen LogP contribution in [0.25, 0.3) is 0 Å². The second-order valence-electron chi connectivity index (χ2n) is 15.6. The number of carboxylic acids is 1. The summed E-state index contributed by atoms with van der Waals surface area (Å²) < 4.78 is 5.96. The first-order chi connectivity index (χ1) is 19.0. The lowest BCUT2D eigenvalue weighted by molar-refractivity contribution is -0.142. The molecule has 0 radical (unpaired) electrons. The molecule has 4 saturated carbocycles. The fourth-order valence-electron chi connectivity index (χ4n) is 10.6. The number of hydrogen-bond donors (Lipinski definition) is 2. The second kappa shape index (κ2) is 12.0. The van der Waals surface area contributed by atoms with E-state index in [-0.39, 0.29) is 29.6 Å². The van der Waals surface area contributed by atoms with Gasteiger partial charge in [0.1, 0.15) is 6.10 Å². The first kappa shape index (κ1) is 30.0. The van der Waals surface area contributed by atoms with Gasteiger partial charge < -0.3 is 15.2 Å². The molecule has 5 heteroatoms. The van der Waals surface area contributed by atoms with Gasteiger partial charge in [-0.3, -0.25) is 4.79 Å². The molecule has 0 bridgehead atoms. The molecule has 5 rings (SSSR count). The number of ether oxygens (including phenoxy) is 1. The highest BCUT2D eigenvalue weighted by atomic mass is 16.6. The van der Waals surface area contributed by atoms with Crippen LogP contribution in [0.2, 0.25) is 0 Å². The Bertz CT molecular complexity index is 951. The Morgan fingerprint density at radius 1 is 0.975 bits per heavy atom. The van der Waals surface area contributed by atoms with Gasteiger partial charge in [0.25, 0.3) is 0 Å². The Kier molecular flexibility index (Phi) is 8.98. The second-order valence-corrected chi connectivity index (χ2v) is 15.6. The number of rotatable bonds is 8. The minimum absolute atomic E-state index is 0.0383. The lowest BCUT2D eigenvalue weighted by Gasteiger charge is -2.58. The van der Waals surface area contributed by atoms with E-state index < -0.39 is 5.97 Å². The Morgan fingerprint density at radius 2 is 1.73 bits per heavy atom. The van der Waals surface area contributed by atoms with E-state index in [2.05, 4.69) is 46.0 Å². The monoisotopic (exact) mass is 555 g/mol. The Hall–Kier alpha value is -1.52. The number of hydrogen-bond acceptors (Lipinski definition) is 3. The zero-order valence-corrected chi connectivity index (χ0v) is 26.1. The number of allylic oxidation sites excluding steroid dienone is 1. The van der Waals surface area contributed by atoms with Gasteiger partial charge in [0.15, 0.2) is 0 Å². The fraction of sp³-hybridized carbons (Fsp3) is 0.886. The highest BCUT2D eigenvalue weighted by Crippen LogP contribution is 2.67. The largest absolute Gasteiger partial charge is 0.481 e. The predicted octanol–water partition coefficient (Wildman–Crippen LogP) is 8.77. The summed E-state index contributed by atoms with van der Waals surface area (Å²) in [7, 11) is 0. The molecule has 0 aromatic heterocycles. The molecule has 8 atom stereocenters. The molecular formula is C35H57NO4. The van der Waals surface area contributed by atoms with Crippen molar-refractivity contribution in [2.75, 3.05) is 0 Å². The molecule has 0 aliphatic heterocycles. The van der Waals surface area contributed by atoms with Crippen molar-refractivity contribution in [1.29, 1.82) is 0 Å². The van der Waals surface area contributed by atoms with Gasteiger partial charge in [0, 0.05) is 12.5 Å². The van der Waals surface area contributed by atoms with Crippen molar-refractivity contribution in [2.24, 2.45) is 52.3 Å². The minimum Gasteiger partial charge on any atom is -0.481 e. The van der Waals surface area contributed by atoms with Crippen LogP contribution in [-0.2, 0) is 9.53 Å². The van der Waals surface area contributed by atoms with E-state index in [0.717, 1.165) is 67.6 Å². The van der Waals surface area contributed by atoms with Gasteiger partial charge in [-0.2, -0.15) is 0 Å². The summed E-state index contributed by atoms with van der Waals surface area (Å²) in [5.41, 5.74) is 2.33. The van der Waals surface area contributed by atoms with Gasteiger partial charge in [-0.05, 0) is 117 Å². The SMILES string of the molecule is CC(C)CCC[C@@H](C)[C@H]1CC[C@H]2[C@@H]3CC=C4C[C@@H](OC(=O)NC5CCC(C(=O)O)CC5)CC[C@]4(C)[C@H]3CC[C@]12C.